The smallest absolute Gasteiger partial charge is 0.122 e. The molecule has 4 nitrogen and oxygen atoms in total. The zero-order chi connectivity index (χ0) is 11.5. The van der Waals surface area contributed by atoms with Gasteiger partial charge in [-0.25, -0.2) is 0 Å². The van der Waals surface area contributed by atoms with Crippen molar-refractivity contribution in [1.29, 1.82) is 0 Å². The number of pyridine rings is 1. The molecule has 1 aliphatic heterocycles. The standard InChI is InChI=1S/C12H19N3O/c1-9-3-12(16-2)4-11(14-9)8-15-6-10(5-13)7-15/h3-4,10H,5-8,13H2,1-2H3. The summed E-state index contributed by atoms with van der Waals surface area (Å²) in [6.07, 6.45) is 0. The monoisotopic (exact) mass is 221 g/mol. The normalized spacial score (nSPS) is 17.2. The molecule has 0 atom stereocenters. The number of nitrogens with zero attached hydrogens (tertiary/aromatic N) is 2. The van der Waals surface area contributed by atoms with Crippen molar-refractivity contribution in [2.45, 2.75) is 13.5 Å². The summed E-state index contributed by atoms with van der Waals surface area (Å²) in [6.45, 7) is 5.86. The summed E-state index contributed by atoms with van der Waals surface area (Å²) >= 11 is 0. The lowest BCUT2D eigenvalue weighted by molar-refractivity contribution is 0.0963. The maximum atomic E-state index is 5.60. The first-order chi connectivity index (χ1) is 7.71. The summed E-state index contributed by atoms with van der Waals surface area (Å²) in [7, 11) is 1.69. The number of hydrogen-bond acceptors (Lipinski definition) is 4. The SMILES string of the molecule is COc1cc(C)nc(CN2CC(CN)C2)c1. The molecule has 1 fully saturated rings. The second-order valence-corrected chi connectivity index (χ2v) is 4.44. The van der Waals surface area contributed by atoms with E-state index in [1.165, 1.54) is 0 Å². The molecule has 1 aliphatic rings. The fourth-order valence-corrected chi connectivity index (χ4v) is 2.09. The quantitative estimate of drug-likeness (QED) is 0.816. The van der Waals surface area contributed by atoms with Gasteiger partial charge in [0.05, 0.1) is 12.8 Å². The third-order valence-corrected chi connectivity index (χ3v) is 2.97. The minimum absolute atomic E-state index is 0.673. The average molecular weight is 221 g/mol. The van der Waals surface area contributed by atoms with Crippen molar-refractivity contribution in [1.82, 2.24) is 9.88 Å². The van der Waals surface area contributed by atoms with Crippen LogP contribution in [0.3, 0.4) is 0 Å². The Bertz CT molecular complexity index is 361. The van der Waals surface area contributed by atoms with Crippen molar-refractivity contribution in [3.05, 3.63) is 23.5 Å². The Morgan fingerprint density at radius 2 is 2.25 bits per heavy atom. The predicted molar refractivity (Wildman–Crippen MR) is 63.3 cm³/mol. The lowest BCUT2D eigenvalue weighted by atomic mass is 10.0. The number of aryl methyl sites for hydroxylation is 1. The maximum absolute atomic E-state index is 5.60. The maximum Gasteiger partial charge on any atom is 0.122 e. The molecule has 0 amide bonds. The molecule has 0 saturated carbocycles. The first kappa shape index (κ1) is 11.4. The minimum Gasteiger partial charge on any atom is -0.497 e. The van der Waals surface area contributed by atoms with Gasteiger partial charge in [0.15, 0.2) is 0 Å². The molecule has 2 N–H and O–H groups in total. The van der Waals surface area contributed by atoms with Crippen molar-refractivity contribution in [2.24, 2.45) is 11.7 Å². The van der Waals surface area contributed by atoms with Crippen LogP contribution in [0.4, 0.5) is 0 Å². The van der Waals surface area contributed by atoms with Crippen molar-refractivity contribution in [3.63, 3.8) is 0 Å². The summed E-state index contributed by atoms with van der Waals surface area (Å²) in [5, 5.41) is 0. The summed E-state index contributed by atoms with van der Waals surface area (Å²) in [5.74, 6) is 1.56. The van der Waals surface area contributed by atoms with Crippen LogP contribution in [0.2, 0.25) is 0 Å². The van der Waals surface area contributed by atoms with E-state index in [1.807, 2.05) is 19.1 Å². The molecule has 2 rings (SSSR count). The Morgan fingerprint density at radius 1 is 1.50 bits per heavy atom. The summed E-state index contributed by atoms with van der Waals surface area (Å²) in [4.78, 5) is 6.86. The minimum atomic E-state index is 0.673. The molecule has 1 aromatic rings. The predicted octanol–water partition coefficient (Wildman–Crippen LogP) is 0.789. The fourth-order valence-electron chi connectivity index (χ4n) is 2.09. The Labute approximate surface area is 96.4 Å². The van der Waals surface area contributed by atoms with Crippen LogP contribution in [0.5, 0.6) is 5.75 Å². The highest BCUT2D eigenvalue weighted by molar-refractivity contribution is 5.26. The van der Waals surface area contributed by atoms with E-state index in [0.29, 0.717) is 5.92 Å². The summed E-state index contributed by atoms with van der Waals surface area (Å²) in [6, 6.07) is 3.95. The Kier molecular flexibility index (Phi) is 3.41. The van der Waals surface area contributed by atoms with E-state index >= 15 is 0 Å². The van der Waals surface area contributed by atoms with E-state index in [9.17, 15) is 0 Å². The van der Waals surface area contributed by atoms with E-state index in [0.717, 1.165) is 43.3 Å². The van der Waals surface area contributed by atoms with Crippen LogP contribution in [0.1, 0.15) is 11.4 Å². The van der Waals surface area contributed by atoms with Crippen molar-refractivity contribution >= 4 is 0 Å². The van der Waals surface area contributed by atoms with Gasteiger partial charge in [0, 0.05) is 37.5 Å². The Balaban J connectivity index is 1.97. The van der Waals surface area contributed by atoms with Crippen LogP contribution in [-0.2, 0) is 6.54 Å². The number of hydrogen-bond donors (Lipinski definition) is 1. The van der Waals surface area contributed by atoms with Gasteiger partial charge in [0.25, 0.3) is 0 Å². The number of aromatic nitrogens is 1. The van der Waals surface area contributed by atoms with Gasteiger partial charge < -0.3 is 10.5 Å². The Morgan fingerprint density at radius 3 is 2.88 bits per heavy atom. The fraction of sp³-hybridized carbons (Fsp3) is 0.583. The van der Waals surface area contributed by atoms with Crippen LogP contribution < -0.4 is 10.5 Å². The van der Waals surface area contributed by atoms with Crippen LogP contribution in [0.15, 0.2) is 12.1 Å². The Hall–Kier alpha value is -1.13. The van der Waals surface area contributed by atoms with E-state index in [-0.39, 0.29) is 0 Å². The van der Waals surface area contributed by atoms with Crippen LogP contribution in [0.25, 0.3) is 0 Å². The molecule has 2 heterocycles. The first-order valence-electron chi connectivity index (χ1n) is 5.65. The van der Waals surface area contributed by atoms with E-state index < -0.39 is 0 Å². The topological polar surface area (TPSA) is 51.4 Å². The molecule has 0 bridgehead atoms. The first-order valence-corrected chi connectivity index (χ1v) is 5.65. The van der Waals surface area contributed by atoms with Crippen LogP contribution >= 0.6 is 0 Å². The zero-order valence-electron chi connectivity index (χ0n) is 9.94. The lowest BCUT2D eigenvalue weighted by Crippen LogP contribution is -2.49. The lowest BCUT2D eigenvalue weighted by Gasteiger charge is -2.38. The number of rotatable bonds is 4. The average Bonchev–Trinajstić information content (AvgIpc) is 2.22. The number of methoxy groups -OCH3 is 1. The zero-order valence-corrected chi connectivity index (χ0v) is 9.94. The molecule has 1 saturated heterocycles. The molecular formula is C12H19N3O. The molecule has 0 aliphatic carbocycles. The van der Waals surface area contributed by atoms with E-state index in [4.69, 9.17) is 10.5 Å². The molecule has 0 unspecified atom stereocenters. The van der Waals surface area contributed by atoms with E-state index in [2.05, 4.69) is 9.88 Å². The van der Waals surface area contributed by atoms with Crippen LogP contribution in [-0.4, -0.2) is 36.6 Å². The largest absolute Gasteiger partial charge is 0.497 e. The number of nitrogens with two attached hydrogens (primary N) is 1. The highest BCUT2D eigenvalue weighted by Crippen LogP contribution is 2.19. The van der Waals surface area contributed by atoms with Gasteiger partial charge in [-0.05, 0) is 19.4 Å². The molecule has 16 heavy (non-hydrogen) atoms. The van der Waals surface area contributed by atoms with Gasteiger partial charge in [0.1, 0.15) is 5.75 Å². The highest BCUT2D eigenvalue weighted by Gasteiger charge is 2.25. The summed E-state index contributed by atoms with van der Waals surface area (Å²) in [5.41, 5.74) is 7.68. The van der Waals surface area contributed by atoms with Gasteiger partial charge in [-0.2, -0.15) is 0 Å². The van der Waals surface area contributed by atoms with Gasteiger partial charge >= 0.3 is 0 Å². The molecule has 0 aromatic carbocycles. The third-order valence-electron chi connectivity index (χ3n) is 2.97. The van der Waals surface area contributed by atoms with Crippen molar-refractivity contribution < 1.29 is 4.74 Å². The van der Waals surface area contributed by atoms with Crippen LogP contribution in [0, 0.1) is 12.8 Å². The van der Waals surface area contributed by atoms with Gasteiger partial charge in [0.2, 0.25) is 0 Å². The molecular weight excluding hydrogens is 202 g/mol. The number of likely N-dealkylation sites (tertiary alicyclic amines) is 1. The third kappa shape index (κ3) is 2.51. The highest BCUT2D eigenvalue weighted by atomic mass is 16.5. The van der Waals surface area contributed by atoms with Crippen molar-refractivity contribution in [2.75, 3.05) is 26.7 Å². The second kappa shape index (κ2) is 4.80. The molecule has 0 spiro atoms. The molecule has 1 aromatic heterocycles. The summed E-state index contributed by atoms with van der Waals surface area (Å²) < 4.78 is 5.23. The molecule has 4 heteroatoms. The van der Waals surface area contributed by atoms with Gasteiger partial charge in [-0.1, -0.05) is 0 Å². The molecule has 0 radical (unpaired) electrons. The van der Waals surface area contributed by atoms with Crippen molar-refractivity contribution in [3.8, 4) is 5.75 Å². The van der Waals surface area contributed by atoms with Gasteiger partial charge in [-0.3, -0.25) is 9.88 Å². The van der Waals surface area contributed by atoms with E-state index in [1.54, 1.807) is 7.11 Å². The number of ether oxygens (including phenoxy) is 1. The van der Waals surface area contributed by atoms with Gasteiger partial charge in [-0.15, -0.1) is 0 Å². The molecule has 88 valence electrons. The second-order valence-electron chi connectivity index (χ2n) is 4.44.